The standard InChI is InChI=1S/C10H15F3N2O2S2/c1-14-6-4-8-2-3-9(18-8)19(16,17)15-7-5-10(11,12)13/h2-3,14-15H,4-7H2,1H3. The molecule has 9 heteroatoms. The first-order valence-corrected chi connectivity index (χ1v) is 7.84. The summed E-state index contributed by atoms with van der Waals surface area (Å²) in [6.45, 7) is 0.0666. The van der Waals surface area contributed by atoms with Gasteiger partial charge in [0.15, 0.2) is 0 Å². The lowest BCUT2D eigenvalue weighted by atomic mass is 10.3. The average molecular weight is 316 g/mol. The maximum Gasteiger partial charge on any atom is 0.390 e. The number of thiophene rings is 1. The third-order valence-corrected chi connectivity index (χ3v) is 5.32. The van der Waals surface area contributed by atoms with Crippen molar-refractivity contribution in [1.29, 1.82) is 0 Å². The van der Waals surface area contributed by atoms with E-state index >= 15 is 0 Å². The summed E-state index contributed by atoms with van der Waals surface area (Å²) < 4.78 is 61.2. The third kappa shape index (κ3) is 5.89. The van der Waals surface area contributed by atoms with E-state index in [4.69, 9.17) is 0 Å². The fraction of sp³-hybridized carbons (Fsp3) is 0.600. The fourth-order valence-electron chi connectivity index (χ4n) is 1.28. The van der Waals surface area contributed by atoms with E-state index in [0.717, 1.165) is 16.2 Å². The van der Waals surface area contributed by atoms with Crippen LogP contribution in [0.15, 0.2) is 16.3 Å². The molecule has 19 heavy (non-hydrogen) atoms. The van der Waals surface area contributed by atoms with Crippen LogP contribution in [0.3, 0.4) is 0 Å². The Labute approximate surface area is 114 Å². The minimum atomic E-state index is -4.37. The van der Waals surface area contributed by atoms with Gasteiger partial charge < -0.3 is 5.32 Å². The van der Waals surface area contributed by atoms with Crippen molar-refractivity contribution >= 4 is 21.4 Å². The number of hydrogen-bond acceptors (Lipinski definition) is 4. The van der Waals surface area contributed by atoms with Gasteiger partial charge in [-0.3, -0.25) is 0 Å². The number of nitrogens with one attached hydrogen (secondary N) is 2. The number of likely N-dealkylation sites (N-methyl/N-ethyl adjacent to an activating group) is 1. The molecular formula is C10H15F3N2O2S2. The average Bonchev–Trinajstić information content (AvgIpc) is 2.73. The predicted octanol–water partition coefficient (Wildman–Crippen LogP) is 1.74. The van der Waals surface area contributed by atoms with E-state index in [1.165, 1.54) is 6.07 Å². The maximum atomic E-state index is 11.9. The van der Waals surface area contributed by atoms with Gasteiger partial charge in [-0.1, -0.05) is 0 Å². The molecule has 0 aromatic carbocycles. The van der Waals surface area contributed by atoms with E-state index in [2.05, 4.69) is 5.32 Å². The zero-order valence-corrected chi connectivity index (χ0v) is 11.9. The van der Waals surface area contributed by atoms with E-state index in [9.17, 15) is 21.6 Å². The van der Waals surface area contributed by atoms with Crippen molar-refractivity contribution in [2.24, 2.45) is 0 Å². The van der Waals surface area contributed by atoms with Crippen molar-refractivity contribution in [2.75, 3.05) is 20.1 Å². The Bertz CT molecular complexity index is 497. The zero-order chi connectivity index (χ0) is 14.5. The van der Waals surface area contributed by atoms with Gasteiger partial charge in [0.25, 0.3) is 0 Å². The number of halogens is 3. The SMILES string of the molecule is CNCCc1ccc(S(=O)(=O)NCCC(F)(F)F)s1. The molecule has 1 rings (SSSR count). The lowest BCUT2D eigenvalue weighted by molar-refractivity contribution is -0.132. The van der Waals surface area contributed by atoms with Crippen LogP contribution in [0.1, 0.15) is 11.3 Å². The number of alkyl halides is 3. The molecular weight excluding hydrogens is 301 g/mol. The summed E-state index contributed by atoms with van der Waals surface area (Å²) in [5.74, 6) is 0. The second-order valence-corrected chi connectivity index (χ2v) is 7.00. The van der Waals surface area contributed by atoms with Crippen molar-refractivity contribution in [3.05, 3.63) is 17.0 Å². The molecule has 0 aliphatic carbocycles. The van der Waals surface area contributed by atoms with Crippen molar-refractivity contribution < 1.29 is 21.6 Å². The Morgan fingerprint density at radius 3 is 2.53 bits per heavy atom. The highest BCUT2D eigenvalue weighted by Crippen LogP contribution is 2.23. The molecule has 0 aliphatic rings. The van der Waals surface area contributed by atoms with Crippen LogP contribution in [0, 0.1) is 0 Å². The van der Waals surface area contributed by atoms with Crippen LogP contribution in [0.5, 0.6) is 0 Å². The van der Waals surface area contributed by atoms with Gasteiger partial charge in [-0.25, -0.2) is 13.1 Å². The van der Waals surface area contributed by atoms with Gasteiger partial charge in [0.05, 0.1) is 6.42 Å². The van der Waals surface area contributed by atoms with E-state index in [0.29, 0.717) is 13.0 Å². The molecule has 0 aliphatic heterocycles. The molecule has 2 N–H and O–H groups in total. The highest BCUT2D eigenvalue weighted by Gasteiger charge is 2.27. The Hall–Kier alpha value is -0.640. The van der Waals surface area contributed by atoms with Gasteiger partial charge in [-0.05, 0) is 32.1 Å². The van der Waals surface area contributed by atoms with Gasteiger partial charge >= 0.3 is 6.18 Å². The van der Waals surface area contributed by atoms with Gasteiger partial charge in [-0.2, -0.15) is 13.2 Å². The normalized spacial score (nSPS) is 12.8. The predicted molar refractivity (Wildman–Crippen MR) is 67.8 cm³/mol. The summed E-state index contributed by atoms with van der Waals surface area (Å²) in [6, 6.07) is 3.08. The minimum Gasteiger partial charge on any atom is -0.319 e. The summed E-state index contributed by atoms with van der Waals surface area (Å²) in [4.78, 5) is 0.866. The van der Waals surface area contributed by atoms with E-state index in [1.807, 2.05) is 4.72 Å². The molecule has 0 fully saturated rings. The monoisotopic (exact) mass is 316 g/mol. The van der Waals surface area contributed by atoms with E-state index in [1.54, 1.807) is 13.1 Å². The van der Waals surface area contributed by atoms with Gasteiger partial charge in [0.1, 0.15) is 4.21 Å². The topological polar surface area (TPSA) is 58.2 Å². The molecule has 0 unspecified atom stereocenters. The largest absolute Gasteiger partial charge is 0.390 e. The highest BCUT2D eigenvalue weighted by molar-refractivity contribution is 7.91. The first kappa shape index (κ1) is 16.4. The van der Waals surface area contributed by atoms with Crippen LogP contribution < -0.4 is 10.0 Å². The fourth-order valence-corrected chi connectivity index (χ4v) is 3.72. The summed E-state index contributed by atoms with van der Waals surface area (Å²) >= 11 is 1.07. The van der Waals surface area contributed by atoms with Crippen molar-refractivity contribution in [3.63, 3.8) is 0 Å². The molecule has 0 saturated carbocycles. The van der Waals surface area contributed by atoms with Gasteiger partial charge in [0.2, 0.25) is 10.0 Å². The quantitative estimate of drug-likeness (QED) is 0.805. The smallest absolute Gasteiger partial charge is 0.319 e. The Kier molecular flexibility index (Phi) is 5.78. The summed E-state index contributed by atoms with van der Waals surface area (Å²) in [6.07, 6.45) is -4.86. The Morgan fingerprint density at radius 2 is 1.95 bits per heavy atom. The summed E-state index contributed by atoms with van der Waals surface area (Å²) in [5.41, 5.74) is 0. The van der Waals surface area contributed by atoms with Crippen LogP contribution in [0.2, 0.25) is 0 Å². The molecule has 0 spiro atoms. The van der Waals surface area contributed by atoms with Crippen molar-refractivity contribution in [3.8, 4) is 0 Å². The molecule has 1 heterocycles. The molecule has 0 radical (unpaired) electrons. The number of hydrogen-bond donors (Lipinski definition) is 2. The Morgan fingerprint density at radius 1 is 1.26 bits per heavy atom. The molecule has 0 bridgehead atoms. The van der Waals surface area contributed by atoms with Crippen LogP contribution in [0.4, 0.5) is 13.2 Å². The van der Waals surface area contributed by atoms with Gasteiger partial charge in [0, 0.05) is 11.4 Å². The summed E-state index contributed by atoms with van der Waals surface area (Å²) in [7, 11) is -2.06. The number of rotatable bonds is 7. The Balaban J connectivity index is 2.59. The second kappa shape index (κ2) is 6.69. The van der Waals surface area contributed by atoms with Crippen LogP contribution in [-0.4, -0.2) is 34.7 Å². The first-order chi connectivity index (χ1) is 8.74. The molecule has 4 nitrogen and oxygen atoms in total. The molecule has 0 saturated heterocycles. The van der Waals surface area contributed by atoms with Crippen LogP contribution >= 0.6 is 11.3 Å². The third-order valence-electron chi connectivity index (χ3n) is 2.22. The van der Waals surface area contributed by atoms with E-state index < -0.39 is 29.2 Å². The minimum absolute atomic E-state index is 0.0424. The number of sulfonamides is 1. The van der Waals surface area contributed by atoms with Crippen molar-refractivity contribution in [2.45, 2.75) is 23.2 Å². The molecule has 1 aromatic rings. The lowest BCUT2D eigenvalue weighted by Gasteiger charge is -2.07. The highest BCUT2D eigenvalue weighted by atomic mass is 32.2. The van der Waals surface area contributed by atoms with Crippen LogP contribution in [0.25, 0.3) is 0 Å². The molecule has 1 aromatic heterocycles. The van der Waals surface area contributed by atoms with Gasteiger partial charge in [-0.15, -0.1) is 11.3 Å². The maximum absolute atomic E-state index is 11.9. The first-order valence-electron chi connectivity index (χ1n) is 5.54. The molecule has 0 atom stereocenters. The molecule has 0 amide bonds. The van der Waals surface area contributed by atoms with Crippen LogP contribution in [-0.2, 0) is 16.4 Å². The van der Waals surface area contributed by atoms with Crippen molar-refractivity contribution in [1.82, 2.24) is 10.0 Å². The lowest BCUT2D eigenvalue weighted by Crippen LogP contribution is -2.27. The zero-order valence-electron chi connectivity index (χ0n) is 10.3. The second-order valence-electron chi connectivity index (χ2n) is 3.84. The molecule has 110 valence electrons. The van der Waals surface area contributed by atoms with E-state index in [-0.39, 0.29) is 4.21 Å². The summed E-state index contributed by atoms with van der Waals surface area (Å²) in [5, 5.41) is 2.93.